The Hall–Kier alpha value is -2.60. The summed E-state index contributed by atoms with van der Waals surface area (Å²) in [5, 5.41) is 0. The third-order valence-corrected chi connectivity index (χ3v) is 4.39. The number of imidazole rings is 1. The number of aromatic nitrogens is 2. The van der Waals surface area contributed by atoms with E-state index in [2.05, 4.69) is 0 Å². The standard InChI is InChI=1S/C16H14F3N2.CHF3O3S/c1-20-13-9-5-6-10-14(13)21(15(20)16(17,18)19)11-12-7-3-2-4-8-12;2-1(3,4)8(5,6)7/h2-10H,11H2,1H3;(H,5,6,7)/q+1;/p-1. The molecule has 3 aromatic rings. The highest BCUT2D eigenvalue weighted by Crippen LogP contribution is 2.30. The molecule has 0 aliphatic heterocycles. The molecule has 0 spiro atoms. The molecule has 5 nitrogen and oxygen atoms in total. The molecule has 2 aromatic carbocycles. The summed E-state index contributed by atoms with van der Waals surface area (Å²) in [5.74, 6) is -0.646. The lowest BCUT2D eigenvalue weighted by molar-refractivity contribution is -0.667. The highest BCUT2D eigenvalue weighted by atomic mass is 32.2. The Labute approximate surface area is 161 Å². The molecule has 0 saturated carbocycles. The molecule has 1 heterocycles. The number of para-hydroxylation sites is 2. The Kier molecular flexibility index (Phi) is 6.28. The Bertz CT molecular complexity index is 1090. The van der Waals surface area contributed by atoms with Crippen molar-refractivity contribution in [2.45, 2.75) is 18.2 Å². The van der Waals surface area contributed by atoms with Gasteiger partial charge in [-0.05, 0) is 17.7 Å². The second kappa shape index (κ2) is 8.03. The second-order valence-corrected chi connectivity index (χ2v) is 7.21. The normalized spacial score (nSPS) is 12.6. The van der Waals surface area contributed by atoms with E-state index in [-0.39, 0.29) is 6.54 Å². The van der Waals surface area contributed by atoms with Crippen molar-refractivity contribution < 1.29 is 43.9 Å². The molecule has 0 N–H and O–H groups in total. The van der Waals surface area contributed by atoms with Gasteiger partial charge in [-0.3, -0.25) is 0 Å². The predicted octanol–water partition coefficient (Wildman–Crippen LogP) is 3.58. The van der Waals surface area contributed by atoms with Crippen molar-refractivity contribution in [2.75, 3.05) is 0 Å². The van der Waals surface area contributed by atoms with Crippen LogP contribution in [-0.4, -0.2) is 23.0 Å². The van der Waals surface area contributed by atoms with Crippen molar-refractivity contribution in [3.05, 3.63) is 66.0 Å². The van der Waals surface area contributed by atoms with Crippen LogP contribution in [-0.2, 0) is 29.9 Å². The van der Waals surface area contributed by atoms with Gasteiger partial charge in [-0.1, -0.05) is 42.5 Å². The van der Waals surface area contributed by atoms with E-state index in [9.17, 15) is 26.3 Å². The van der Waals surface area contributed by atoms with Crippen LogP contribution < -0.4 is 4.57 Å². The van der Waals surface area contributed by atoms with E-state index in [0.717, 1.165) is 5.56 Å². The Morgan fingerprint density at radius 2 is 1.41 bits per heavy atom. The molecule has 0 aliphatic rings. The number of nitrogens with zero attached hydrogens (tertiary/aromatic N) is 2. The number of rotatable bonds is 2. The van der Waals surface area contributed by atoms with Crippen molar-refractivity contribution in [3.8, 4) is 0 Å². The van der Waals surface area contributed by atoms with E-state index in [1.807, 2.05) is 30.3 Å². The summed E-state index contributed by atoms with van der Waals surface area (Å²) >= 11 is 0. The molecular weight excluding hydrogens is 426 g/mol. The predicted molar refractivity (Wildman–Crippen MR) is 89.4 cm³/mol. The number of hydrogen-bond acceptors (Lipinski definition) is 3. The van der Waals surface area contributed by atoms with Crippen LogP contribution in [0.25, 0.3) is 11.0 Å². The van der Waals surface area contributed by atoms with Crippen LogP contribution in [0.4, 0.5) is 26.3 Å². The van der Waals surface area contributed by atoms with Gasteiger partial charge in [-0.2, -0.15) is 26.3 Å². The Balaban J connectivity index is 0.000000321. The van der Waals surface area contributed by atoms with Gasteiger partial charge in [-0.15, -0.1) is 0 Å². The first-order valence-corrected chi connectivity index (χ1v) is 9.25. The maximum Gasteiger partial charge on any atom is 0.495 e. The maximum absolute atomic E-state index is 13.4. The van der Waals surface area contributed by atoms with Gasteiger partial charge in [0.2, 0.25) is 0 Å². The zero-order valence-corrected chi connectivity index (χ0v) is 15.5. The topological polar surface area (TPSA) is 66.0 Å². The highest BCUT2D eigenvalue weighted by Gasteiger charge is 2.46. The fourth-order valence-electron chi connectivity index (χ4n) is 2.65. The average molecular weight is 440 g/mol. The van der Waals surface area contributed by atoms with Crippen molar-refractivity contribution in [2.24, 2.45) is 7.05 Å². The Morgan fingerprint density at radius 3 is 1.90 bits per heavy atom. The molecule has 158 valence electrons. The minimum atomic E-state index is -6.09. The van der Waals surface area contributed by atoms with Crippen LogP contribution >= 0.6 is 0 Å². The van der Waals surface area contributed by atoms with Gasteiger partial charge in [0.25, 0.3) is 0 Å². The van der Waals surface area contributed by atoms with Gasteiger partial charge in [0, 0.05) is 0 Å². The first-order valence-electron chi connectivity index (χ1n) is 7.84. The molecule has 1 aromatic heterocycles. The van der Waals surface area contributed by atoms with Gasteiger partial charge in [0.15, 0.2) is 21.2 Å². The zero-order chi connectivity index (χ0) is 22.0. The molecule has 0 amide bonds. The van der Waals surface area contributed by atoms with E-state index in [1.54, 1.807) is 24.3 Å². The van der Waals surface area contributed by atoms with Crippen LogP contribution in [0.5, 0.6) is 0 Å². The summed E-state index contributed by atoms with van der Waals surface area (Å²) in [5.41, 5.74) is -3.66. The first-order chi connectivity index (χ1) is 13.2. The van der Waals surface area contributed by atoms with E-state index in [0.29, 0.717) is 11.0 Å². The summed E-state index contributed by atoms with van der Waals surface area (Å²) < 4.78 is 102. The molecular formula is C17H14F6N2O3S. The number of halogens is 6. The van der Waals surface area contributed by atoms with E-state index < -0.39 is 27.6 Å². The number of hydrogen-bond donors (Lipinski definition) is 0. The summed E-state index contributed by atoms with van der Waals surface area (Å²) in [6.45, 7) is 0.192. The summed E-state index contributed by atoms with van der Waals surface area (Å²) in [7, 11) is -4.64. The summed E-state index contributed by atoms with van der Waals surface area (Å²) in [6.07, 6.45) is -4.40. The van der Waals surface area contributed by atoms with E-state index in [1.165, 1.54) is 16.2 Å². The lowest BCUT2D eigenvalue weighted by Gasteiger charge is -2.08. The smallest absolute Gasteiger partial charge is 0.495 e. The minimum Gasteiger partial charge on any atom is -0.741 e. The monoisotopic (exact) mass is 440 g/mol. The molecule has 29 heavy (non-hydrogen) atoms. The molecule has 0 fully saturated rings. The van der Waals surface area contributed by atoms with Crippen LogP contribution in [0.1, 0.15) is 11.4 Å². The van der Waals surface area contributed by atoms with Gasteiger partial charge in [0.1, 0.15) is 6.54 Å². The highest BCUT2D eigenvalue weighted by molar-refractivity contribution is 7.86. The number of aryl methyl sites for hydroxylation is 1. The van der Waals surface area contributed by atoms with Crippen molar-refractivity contribution in [1.29, 1.82) is 0 Å². The SMILES string of the molecule is C[n+]1c(C(F)(F)F)n(Cc2ccccc2)c2ccccc21.O=S(=O)([O-])C(F)(F)F. The molecule has 0 bridgehead atoms. The molecule has 0 saturated heterocycles. The fourth-order valence-corrected chi connectivity index (χ4v) is 2.65. The van der Waals surface area contributed by atoms with Crippen LogP contribution in [0.3, 0.4) is 0 Å². The summed E-state index contributed by atoms with van der Waals surface area (Å²) in [4.78, 5) is 0. The number of alkyl halides is 6. The van der Waals surface area contributed by atoms with Crippen molar-refractivity contribution >= 4 is 21.2 Å². The lowest BCUT2D eigenvalue weighted by Crippen LogP contribution is -2.38. The summed E-state index contributed by atoms with van der Waals surface area (Å²) in [6, 6.07) is 16.1. The van der Waals surface area contributed by atoms with Crippen molar-refractivity contribution in [3.63, 3.8) is 0 Å². The number of fused-ring (bicyclic) bond motifs is 1. The zero-order valence-electron chi connectivity index (χ0n) is 14.7. The minimum absolute atomic E-state index is 0.192. The van der Waals surface area contributed by atoms with Gasteiger partial charge < -0.3 is 4.55 Å². The quantitative estimate of drug-likeness (QED) is 0.265. The molecule has 0 atom stereocenters. The molecule has 0 aliphatic carbocycles. The van der Waals surface area contributed by atoms with Gasteiger partial charge in [-0.25, -0.2) is 17.6 Å². The average Bonchev–Trinajstić information content (AvgIpc) is 2.87. The lowest BCUT2D eigenvalue weighted by atomic mass is 10.2. The molecule has 0 radical (unpaired) electrons. The third kappa shape index (κ3) is 5.26. The largest absolute Gasteiger partial charge is 0.741 e. The molecule has 3 rings (SSSR count). The molecule has 12 heteroatoms. The molecule has 0 unspecified atom stereocenters. The van der Waals surface area contributed by atoms with E-state index in [4.69, 9.17) is 13.0 Å². The Morgan fingerprint density at radius 1 is 0.931 bits per heavy atom. The number of benzene rings is 2. The van der Waals surface area contributed by atoms with E-state index >= 15 is 0 Å². The van der Waals surface area contributed by atoms with Crippen LogP contribution in [0, 0.1) is 0 Å². The van der Waals surface area contributed by atoms with Crippen molar-refractivity contribution in [1.82, 2.24) is 4.57 Å². The maximum atomic E-state index is 13.4. The fraction of sp³-hybridized carbons (Fsp3) is 0.235. The van der Waals surface area contributed by atoms with Crippen LogP contribution in [0.2, 0.25) is 0 Å². The van der Waals surface area contributed by atoms with Crippen LogP contribution in [0.15, 0.2) is 54.6 Å². The van der Waals surface area contributed by atoms with Gasteiger partial charge in [0.05, 0.1) is 7.05 Å². The first kappa shape index (κ1) is 22.7. The van der Waals surface area contributed by atoms with Gasteiger partial charge >= 0.3 is 17.5 Å². The third-order valence-electron chi connectivity index (χ3n) is 3.83. The second-order valence-electron chi connectivity index (χ2n) is 5.84.